The summed E-state index contributed by atoms with van der Waals surface area (Å²) in [4.78, 5) is 0. The lowest BCUT2D eigenvalue weighted by molar-refractivity contribution is -0.140. The van der Waals surface area contributed by atoms with Crippen LogP contribution in [-0.2, 0) is 6.18 Å². The standard InChI is InChI=1S/C16H23F4N/c1-10(2)8-21-9-11(3)12(4)13-5-6-14(15(17)7-13)16(18,19)20/h5-7,10-12,21H,8-9H2,1-4H3. The smallest absolute Gasteiger partial charge is 0.316 e. The van der Waals surface area contributed by atoms with E-state index in [1.165, 1.54) is 6.07 Å². The molecule has 1 aromatic rings. The van der Waals surface area contributed by atoms with Gasteiger partial charge in [-0.05, 0) is 48.5 Å². The molecule has 0 aliphatic rings. The van der Waals surface area contributed by atoms with Crippen LogP contribution >= 0.6 is 0 Å². The fourth-order valence-electron chi connectivity index (χ4n) is 2.15. The Morgan fingerprint density at radius 1 is 1.05 bits per heavy atom. The van der Waals surface area contributed by atoms with Gasteiger partial charge in [-0.1, -0.05) is 33.8 Å². The molecule has 0 aromatic heterocycles. The van der Waals surface area contributed by atoms with Crippen LogP contribution < -0.4 is 5.32 Å². The van der Waals surface area contributed by atoms with Crippen LogP contribution in [0.3, 0.4) is 0 Å². The Labute approximate surface area is 123 Å². The van der Waals surface area contributed by atoms with E-state index in [1.807, 2.05) is 13.8 Å². The number of alkyl halides is 3. The minimum Gasteiger partial charge on any atom is -0.316 e. The highest BCUT2D eigenvalue weighted by Crippen LogP contribution is 2.33. The zero-order valence-corrected chi connectivity index (χ0v) is 12.9. The molecule has 120 valence electrons. The minimum atomic E-state index is -4.64. The number of halogens is 4. The number of hydrogen-bond acceptors (Lipinski definition) is 1. The van der Waals surface area contributed by atoms with Crippen molar-refractivity contribution >= 4 is 0 Å². The van der Waals surface area contributed by atoms with Crippen LogP contribution in [0, 0.1) is 17.7 Å². The Bertz CT molecular complexity index is 454. The molecule has 1 N–H and O–H groups in total. The van der Waals surface area contributed by atoms with Crippen molar-refractivity contribution in [2.24, 2.45) is 11.8 Å². The van der Waals surface area contributed by atoms with Gasteiger partial charge in [-0.2, -0.15) is 13.2 Å². The third-order valence-corrected chi connectivity index (χ3v) is 3.70. The molecule has 0 aliphatic heterocycles. The molecule has 0 radical (unpaired) electrons. The molecule has 5 heteroatoms. The van der Waals surface area contributed by atoms with Gasteiger partial charge < -0.3 is 5.32 Å². The first-order chi connectivity index (χ1) is 9.62. The molecule has 0 saturated carbocycles. The molecule has 2 atom stereocenters. The van der Waals surface area contributed by atoms with Crippen LogP contribution in [0.5, 0.6) is 0 Å². The summed E-state index contributed by atoms with van der Waals surface area (Å²) >= 11 is 0. The first-order valence-electron chi connectivity index (χ1n) is 7.20. The van der Waals surface area contributed by atoms with E-state index in [-0.39, 0.29) is 11.8 Å². The average Bonchev–Trinajstić information content (AvgIpc) is 2.35. The van der Waals surface area contributed by atoms with Gasteiger partial charge in [-0.15, -0.1) is 0 Å². The van der Waals surface area contributed by atoms with E-state index in [0.717, 1.165) is 25.2 Å². The second-order valence-corrected chi connectivity index (χ2v) is 6.06. The molecule has 0 heterocycles. The number of nitrogens with one attached hydrogen (secondary N) is 1. The van der Waals surface area contributed by atoms with Gasteiger partial charge in [0.25, 0.3) is 0 Å². The van der Waals surface area contributed by atoms with Gasteiger partial charge in [0.15, 0.2) is 0 Å². The Balaban J connectivity index is 2.74. The molecule has 2 unspecified atom stereocenters. The molecule has 1 nitrogen and oxygen atoms in total. The lowest BCUT2D eigenvalue weighted by atomic mass is 9.88. The summed E-state index contributed by atoms with van der Waals surface area (Å²) < 4.78 is 51.2. The van der Waals surface area contributed by atoms with E-state index in [9.17, 15) is 17.6 Å². The highest BCUT2D eigenvalue weighted by atomic mass is 19.4. The van der Waals surface area contributed by atoms with Crippen molar-refractivity contribution in [1.82, 2.24) is 5.32 Å². The summed E-state index contributed by atoms with van der Waals surface area (Å²) in [5.41, 5.74) is -0.608. The number of hydrogen-bond donors (Lipinski definition) is 1. The Kier molecular flexibility index (Phi) is 6.20. The predicted octanol–water partition coefficient (Wildman–Crippen LogP) is 4.83. The quantitative estimate of drug-likeness (QED) is 0.742. The van der Waals surface area contributed by atoms with E-state index in [2.05, 4.69) is 19.2 Å². The summed E-state index contributed by atoms with van der Waals surface area (Å²) in [6.45, 7) is 9.76. The fraction of sp³-hybridized carbons (Fsp3) is 0.625. The number of benzene rings is 1. The summed E-state index contributed by atoms with van der Waals surface area (Å²) in [5, 5.41) is 3.31. The van der Waals surface area contributed by atoms with Gasteiger partial charge >= 0.3 is 6.18 Å². The molecule has 0 aliphatic carbocycles. The predicted molar refractivity (Wildman–Crippen MR) is 76.7 cm³/mol. The van der Waals surface area contributed by atoms with E-state index in [4.69, 9.17) is 0 Å². The number of rotatable bonds is 6. The maximum Gasteiger partial charge on any atom is 0.419 e. The molecule has 1 rings (SSSR count). The summed E-state index contributed by atoms with van der Waals surface area (Å²) in [5.74, 6) is -0.466. The largest absolute Gasteiger partial charge is 0.419 e. The van der Waals surface area contributed by atoms with Crippen molar-refractivity contribution in [1.29, 1.82) is 0 Å². The summed E-state index contributed by atoms with van der Waals surface area (Å²) in [7, 11) is 0. The van der Waals surface area contributed by atoms with Crippen LogP contribution in [-0.4, -0.2) is 13.1 Å². The van der Waals surface area contributed by atoms with Crippen molar-refractivity contribution in [3.8, 4) is 0 Å². The maximum absolute atomic E-state index is 13.6. The van der Waals surface area contributed by atoms with E-state index in [0.29, 0.717) is 11.5 Å². The van der Waals surface area contributed by atoms with Crippen LogP contribution in [0.1, 0.15) is 44.7 Å². The molecule has 0 spiro atoms. The van der Waals surface area contributed by atoms with Crippen LogP contribution in [0.25, 0.3) is 0 Å². The van der Waals surface area contributed by atoms with Crippen molar-refractivity contribution in [2.45, 2.75) is 39.8 Å². The minimum absolute atomic E-state index is 0.0126. The van der Waals surface area contributed by atoms with Gasteiger partial charge in [-0.25, -0.2) is 4.39 Å². The fourth-order valence-corrected chi connectivity index (χ4v) is 2.15. The lowest BCUT2D eigenvalue weighted by Crippen LogP contribution is -2.27. The normalized spacial score (nSPS) is 15.3. The lowest BCUT2D eigenvalue weighted by Gasteiger charge is -2.22. The van der Waals surface area contributed by atoms with Gasteiger partial charge in [0, 0.05) is 0 Å². The van der Waals surface area contributed by atoms with Gasteiger partial charge in [0.2, 0.25) is 0 Å². The molecule has 0 bridgehead atoms. The van der Waals surface area contributed by atoms with Crippen molar-refractivity contribution in [3.05, 3.63) is 35.1 Å². The first-order valence-corrected chi connectivity index (χ1v) is 7.20. The molecule has 21 heavy (non-hydrogen) atoms. The van der Waals surface area contributed by atoms with E-state index < -0.39 is 17.6 Å². The topological polar surface area (TPSA) is 12.0 Å². The first kappa shape index (κ1) is 18.0. The molecule has 0 saturated heterocycles. The van der Waals surface area contributed by atoms with Gasteiger partial charge in [-0.3, -0.25) is 0 Å². The summed E-state index contributed by atoms with van der Waals surface area (Å²) in [6.07, 6.45) is -4.64. The SMILES string of the molecule is CC(C)CNCC(C)C(C)c1ccc(C(F)(F)F)c(F)c1. The molecular formula is C16H23F4N. The Morgan fingerprint density at radius 2 is 1.67 bits per heavy atom. The second-order valence-electron chi connectivity index (χ2n) is 6.06. The average molecular weight is 305 g/mol. The highest BCUT2D eigenvalue weighted by molar-refractivity contribution is 5.28. The third kappa shape index (κ3) is 5.30. The zero-order chi connectivity index (χ0) is 16.2. The summed E-state index contributed by atoms with van der Waals surface area (Å²) in [6, 6.07) is 3.21. The molecule has 0 fully saturated rings. The third-order valence-electron chi connectivity index (χ3n) is 3.70. The van der Waals surface area contributed by atoms with E-state index >= 15 is 0 Å². The highest BCUT2D eigenvalue weighted by Gasteiger charge is 2.34. The van der Waals surface area contributed by atoms with Crippen molar-refractivity contribution < 1.29 is 17.6 Å². The van der Waals surface area contributed by atoms with Crippen molar-refractivity contribution in [3.63, 3.8) is 0 Å². The van der Waals surface area contributed by atoms with Gasteiger partial charge in [0.05, 0.1) is 5.56 Å². The Morgan fingerprint density at radius 3 is 2.14 bits per heavy atom. The van der Waals surface area contributed by atoms with Crippen molar-refractivity contribution in [2.75, 3.05) is 13.1 Å². The van der Waals surface area contributed by atoms with Crippen LogP contribution in [0.15, 0.2) is 18.2 Å². The monoisotopic (exact) mass is 305 g/mol. The van der Waals surface area contributed by atoms with Crippen LogP contribution in [0.4, 0.5) is 17.6 Å². The maximum atomic E-state index is 13.6. The second kappa shape index (κ2) is 7.25. The molecule has 1 aromatic carbocycles. The molecular weight excluding hydrogens is 282 g/mol. The Hall–Kier alpha value is -1.10. The molecule has 0 amide bonds. The van der Waals surface area contributed by atoms with Crippen LogP contribution in [0.2, 0.25) is 0 Å². The zero-order valence-electron chi connectivity index (χ0n) is 12.9. The van der Waals surface area contributed by atoms with E-state index in [1.54, 1.807) is 0 Å². The van der Waals surface area contributed by atoms with Gasteiger partial charge in [0.1, 0.15) is 5.82 Å².